The molecule has 54 valence electrons. The molecule has 2 aliphatic heterocycles. The highest BCUT2D eigenvalue weighted by molar-refractivity contribution is 8.87. The first-order chi connectivity index (χ1) is 4.95. The molecule has 0 N–H and O–H groups in total. The summed E-state index contributed by atoms with van der Waals surface area (Å²) in [4.78, 5) is 8.41. The van der Waals surface area contributed by atoms with Crippen molar-refractivity contribution in [2.75, 3.05) is 13.1 Å². The molecule has 0 atom stereocenters. The number of rotatable bonds is 0. The lowest BCUT2D eigenvalue weighted by molar-refractivity contribution is 0.968. The summed E-state index contributed by atoms with van der Waals surface area (Å²) in [5, 5.41) is 2.58. The molecule has 4 heteroatoms. The topological polar surface area (TPSA) is 24.7 Å². The Morgan fingerprint density at radius 2 is 1.30 bits per heavy atom. The van der Waals surface area contributed by atoms with Crippen molar-refractivity contribution in [3.63, 3.8) is 0 Å². The van der Waals surface area contributed by atoms with E-state index >= 15 is 0 Å². The van der Waals surface area contributed by atoms with E-state index in [1.54, 1.807) is 21.6 Å². The Kier molecular flexibility index (Phi) is 2.00. The van der Waals surface area contributed by atoms with Crippen LogP contribution in [0.3, 0.4) is 0 Å². The lowest BCUT2D eigenvalue weighted by Gasteiger charge is -2.14. The molecule has 0 aliphatic carbocycles. The number of hydrogen-bond acceptors (Lipinski definition) is 4. The summed E-state index contributed by atoms with van der Waals surface area (Å²) in [5.74, 6) is 0. The fourth-order valence-corrected chi connectivity index (χ4v) is 2.86. The van der Waals surface area contributed by atoms with Gasteiger partial charge in [-0.15, -0.1) is 0 Å². The molecular formula is C6H8N2S2. The van der Waals surface area contributed by atoms with Gasteiger partial charge < -0.3 is 0 Å². The predicted molar refractivity (Wildman–Crippen MR) is 49.0 cm³/mol. The second-order valence-electron chi connectivity index (χ2n) is 2.22. The van der Waals surface area contributed by atoms with Gasteiger partial charge in [0.25, 0.3) is 0 Å². The summed E-state index contributed by atoms with van der Waals surface area (Å²) in [6.45, 7) is 2.07. The summed E-state index contributed by atoms with van der Waals surface area (Å²) in [5.41, 5.74) is 0. The minimum absolute atomic E-state index is 1.04. The average molecular weight is 172 g/mol. The molecule has 0 fully saturated rings. The summed E-state index contributed by atoms with van der Waals surface area (Å²) >= 11 is 0. The van der Waals surface area contributed by atoms with Gasteiger partial charge in [-0.05, 0) is 21.6 Å². The molecule has 0 radical (unpaired) electrons. The minimum atomic E-state index is 1.04. The minimum Gasteiger partial charge on any atom is -0.282 e. The summed E-state index contributed by atoms with van der Waals surface area (Å²) < 4.78 is 0. The first kappa shape index (κ1) is 6.73. The van der Waals surface area contributed by atoms with Crippen LogP contribution in [0.5, 0.6) is 0 Å². The maximum Gasteiger partial charge on any atom is 0.0804 e. The van der Waals surface area contributed by atoms with E-state index in [2.05, 4.69) is 9.98 Å². The molecule has 2 nitrogen and oxygen atoms in total. The van der Waals surface area contributed by atoms with Crippen molar-refractivity contribution < 1.29 is 0 Å². The number of aliphatic imine (C=N–C) groups is 2. The molecule has 0 bridgehead atoms. The van der Waals surface area contributed by atoms with E-state index in [-0.39, 0.29) is 0 Å². The zero-order chi connectivity index (χ0) is 6.81. The molecule has 2 rings (SSSR count). The molecule has 2 aliphatic rings. The second kappa shape index (κ2) is 2.96. The lowest BCUT2D eigenvalue weighted by atomic mass is 10.4. The van der Waals surface area contributed by atoms with Crippen LogP contribution in [0.2, 0.25) is 0 Å². The van der Waals surface area contributed by atoms with Crippen LogP contribution >= 0.6 is 21.6 Å². The Bertz CT molecular complexity index is 176. The SMILES string of the molecule is C1CC(SSC2=NCC2)=N1. The van der Waals surface area contributed by atoms with Gasteiger partial charge in [0, 0.05) is 25.9 Å². The first-order valence-corrected chi connectivity index (χ1v) is 5.51. The van der Waals surface area contributed by atoms with E-state index < -0.39 is 0 Å². The van der Waals surface area contributed by atoms with Crippen molar-refractivity contribution in [2.24, 2.45) is 9.98 Å². The lowest BCUT2D eigenvalue weighted by Crippen LogP contribution is -2.09. The zero-order valence-electron chi connectivity index (χ0n) is 5.54. The maximum absolute atomic E-state index is 4.20. The van der Waals surface area contributed by atoms with Crippen molar-refractivity contribution in [3.8, 4) is 0 Å². The van der Waals surface area contributed by atoms with Crippen LogP contribution in [-0.4, -0.2) is 23.2 Å². The fourth-order valence-electron chi connectivity index (χ4n) is 0.638. The zero-order valence-corrected chi connectivity index (χ0v) is 7.17. The molecule has 2 heterocycles. The van der Waals surface area contributed by atoms with E-state index in [0.29, 0.717) is 0 Å². The third-order valence-corrected chi connectivity index (χ3v) is 4.00. The van der Waals surface area contributed by atoms with Crippen LogP contribution in [0, 0.1) is 0 Å². The van der Waals surface area contributed by atoms with Crippen molar-refractivity contribution in [1.29, 1.82) is 0 Å². The first-order valence-electron chi connectivity index (χ1n) is 3.36. The molecule has 0 spiro atoms. The van der Waals surface area contributed by atoms with Crippen molar-refractivity contribution >= 4 is 31.7 Å². The van der Waals surface area contributed by atoms with E-state index in [0.717, 1.165) is 13.1 Å². The Hall–Kier alpha value is 0.0400. The molecule has 10 heavy (non-hydrogen) atoms. The van der Waals surface area contributed by atoms with Gasteiger partial charge in [-0.25, -0.2) is 0 Å². The van der Waals surface area contributed by atoms with Gasteiger partial charge in [-0.2, -0.15) is 0 Å². The third-order valence-electron chi connectivity index (χ3n) is 1.46. The maximum atomic E-state index is 4.20. The quantitative estimate of drug-likeness (QED) is 0.522. The van der Waals surface area contributed by atoms with Gasteiger partial charge in [0.05, 0.1) is 10.1 Å². The molecule has 0 aromatic rings. The van der Waals surface area contributed by atoms with Gasteiger partial charge >= 0.3 is 0 Å². The highest BCUT2D eigenvalue weighted by Crippen LogP contribution is 2.32. The molecule has 0 unspecified atom stereocenters. The van der Waals surface area contributed by atoms with Crippen LogP contribution in [0.25, 0.3) is 0 Å². The van der Waals surface area contributed by atoms with Crippen molar-refractivity contribution in [2.45, 2.75) is 12.8 Å². The predicted octanol–water partition coefficient (Wildman–Crippen LogP) is 1.97. The van der Waals surface area contributed by atoms with E-state index in [9.17, 15) is 0 Å². The van der Waals surface area contributed by atoms with Crippen molar-refractivity contribution in [3.05, 3.63) is 0 Å². The monoisotopic (exact) mass is 172 g/mol. The summed E-state index contributed by atoms with van der Waals surface area (Å²) in [6.07, 6.45) is 2.37. The van der Waals surface area contributed by atoms with Crippen LogP contribution in [0.15, 0.2) is 9.98 Å². The molecule has 0 amide bonds. The van der Waals surface area contributed by atoms with Gasteiger partial charge in [0.1, 0.15) is 0 Å². The largest absolute Gasteiger partial charge is 0.282 e. The van der Waals surface area contributed by atoms with E-state index in [1.165, 1.54) is 22.9 Å². The normalized spacial score (nSPS) is 22.4. The molecular weight excluding hydrogens is 164 g/mol. The number of hydrogen-bond donors (Lipinski definition) is 0. The Morgan fingerprint density at radius 1 is 0.900 bits per heavy atom. The smallest absolute Gasteiger partial charge is 0.0804 e. The van der Waals surface area contributed by atoms with Crippen LogP contribution in [0.4, 0.5) is 0 Å². The van der Waals surface area contributed by atoms with Gasteiger partial charge in [-0.3, -0.25) is 9.98 Å². The van der Waals surface area contributed by atoms with Crippen molar-refractivity contribution in [1.82, 2.24) is 0 Å². The van der Waals surface area contributed by atoms with E-state index in [1.807, 2.05) is 0 Å². The van der Waals surface area contributed by atoms with Gasteiger partial charge in [0.15, 0.2) is 0 Å². The fraction of sp³-hybridized carbons (Fsp3) is 0.667. The van der Waals surface area contributed by atoms with E-state index in [4.69, 9.17) is 0 Å². The highest BCUT2D eigenvalue weighted by Gasteiger charge is 2.13. The average Bonchev–Trinajstić information content (AvgIpc) is 1.70. The molecule has 0 saturated carbocycles. The summed E-state index contributed by atoms with van der Waals surface area (Å²) in [7, 11) is 3.57. The second-order valence-corrected chi connectivity index (χ2v) is 4.49. The van der Waals surface area contributed by atoms with Crippen LogP contribution in [-0.2, 0) is 0 Å². The Balaban J connectivity index is 1.72. The third kappa shape index (κ3) is 1.37. The summed E-state index contributed by atoms with van der Waals surface area (Å²) in [6, 6.07) is 0. The molecule has 0 aromatic carbocycles. The van der Waals surface area contributed by atoms with Gasteiger partial charge in [-0.1, -0.05) is 0 Å². The number of nitrogens with zero attached hydrogens (tertiary/aromatic N) is 2. The standard InChI is InChI=1S/C6H8N2S2/c1-3-7-5(1)9-10-6-2-4-8-6/h1-4H2. The van der Waals surface area contributed by atoms with Gasteiger partial charge in [0.2, 0.25) is 0 Å². The van der Waals surface area contributed by atoms with Crippen LogP contribution in [0.1, 0.15) is 12.8 Å². The highest BCUT2D eigenvalue weighted by atomic mass is 33.1. The molecule has 0 saturated heterocycles. The Morgan fingerprint density at radius 3 is 1.50 bits per heavy atom. The Labute approximate surface area is 68.0 Å². The molecule has 0 aromatic heterocycles. The van der Waals surface area contributed by atoms with Crippen LogP contribution < -0.4 is 0 Å².